The summed E-state index contributed by atoms with van der Waals surface area (Å²) >= 11 is 0. The molecule has 0 aliphatic rings. The minimum Gasteiger partial charge on any atom is -0.494 e. The molecule has 0 fully saturated rings. The first-order valence-corrected chi connectivity index (χ1v) is 6.96. The molecule has 0 saturated carbocycles. The number of hydrogen-bond acceptors (Lipinski definition) is 2. The average molecular weight is 281 g/mol. The van der Waals surface area contributed by atoms with Crippen LogP contribution in [0.3, 0.4) is 0 Å². The summed E-state index contributed by atoms with van der Waals surface area (Å²) in [6.45, 7) is 4.60. The number of carbonyl (C=O) groups is 1. The normalized spacial score (nSPS) is 10.6. The van der Waals surface area contributed by atoms with Gasteiger partial charge in [0.2, 0.25) is 5.91 Å². The maximum absolute atomic E-state index is 11.8. The average Bonchev–Trinajstić information content (AvgIpc) is 2.49. The third kappa shape index (κ3) is 4.80. The molecule has 2 aromatic carbocycles. The molecule has 3 heteroatoms. The lowest BCUT2D eigenvalue weighted by atomic mass is 10.1. The number of ether oxygens (including phenoxy) is 1. The van der Waals surface area contributed by atoms with Crippen LogP contribution in [0.5, 0.6) is 5.75 Å². The van der Waals surface area contributed by atoms with Crippen LogP contribution in [0.1, 0.15) is 18.1 Å². The Balaban J connectivity index is 1.93. The summed E-state index contributed by atoms with van der Waals surface area (Å²) in [5, 5.41) is 2.81. The van der Waals surface area contributed by atoms with Crippen LogP contribution in [0, 0.1) is 6.92 Å². The molecule has 0 aromatic heterocycles. The second kappa shape index (κ2) is 7.29. The summed E-state index contributed by atoms with van der Waals surface area (Å²) < 4.78 is 5.35. The second-order valence-electron chi connectivity index (χ2n) is 4.69. The number of hydrogen-bond donors (Lipinski definition) is 1. The van der Waals surface area contributed by atoms with Crippen LogP contribution in [0.15, 0.2) is 54.6 Å². The van der Waals surface area contributed by atoms with E-state index in [1.807, 2.05) is 62.4 Å². The van der Waals surface area contributed by atoms with E-state index >= 15 is 0 Å². The van der Waals surface area contributed by atoms with Crippen molar-refractivity contribution >= 4 is 17.7 Å². The molecule has 0 aliphatic heterocycles. The molecule has 21 heavy (non-hydrogen) atoms. The number of carbonyl (C=O) groups excluding carboxylic acids is 1. The number of benzene rings is 2. The first-order chi connectivity index (χ1) is 10.2. The van der Waals surface area contributed by atoms with Crippen molar-refractivity contribution < 1.29 is 9.53 Å². The van der Waals surface area contributed by atoms with Gasteiger partial charge in [-0.1, -0.05) is 29.8 Å². The van der Waals surface area contributed by atoms with Crippen molar-refractivity contribution in [3.8, 4) is 5.75 Å². The fourth-order valence-electron chi connectivity index (χ4n) is 1.83. The van der Waals surface area contributed by atoms with Crippen molar-refractivity contribution in [3.05, 3.63) is 65.7 Å². The fourth-order valence-corrected chi connectivity index (χ4v) is 1.83. The van der Waals surface area contributed by atoms with Gasteiger partial charge in [-0.25, -0.2) is 0 Å². The van der Waals surface area contributed by atoms with Gasteiger partial charge in [-0.15, -0.1) is 0 Å². The summed E-state index contributed by atoms with van der Waals surface area (Å²) in [4.78, 5) is 11.8. The number of nitrogens with one attached hydrogen (secondary N) is 1. The zero-order valence-corrected chi connectivity index (χ0v) is 12.3. The first-order valence-electron chi connectivity index (χ1n) is 6.96. The molecule has 0 radical (unpaired) electrons. The van der Waals surface area contributed by atoms with Crippen molar-refractivity contribution in [1.82, 2.24) is 0 Å². The second-order valence-corrected chi connectivity index (χ2v) is 4.69. The number of rotatable bonds is 5. The predicted molar refractivity (Wildman–Crippen MR) is 86.5 cm³/mol. The lowest BCUT2D eigenvalue weighted by Gasteiger charge is -2.05. The monoisotopic (exact) mass is 281 g/mol. The Labute approximate surface area is 125 Å². The Morgan fingerprint density at radius 3 is 2.38 bits per heavy atom. The predicted octanol–water partition coefficient (Wildman–Crippen LogP) is 4.05. The van der Waals surface area contributed by atoms with Crippen LogP contribution < -0.4 is 10.1 Å². The van der Waals surface area contributed by atoms with Crippen molar-refractivity contribution in [2.45, 2.75) is 13.8 Å². The van der Waals surface area contributed by atoms with E-state index in [4.69, 9.17) is 4.74 Å². The van der Waals surface area contributed by atoms with Crippen molar-refractivity contribution in [2.75, 3.05) is 11.9 Å². The Morgan fingerprint density at radius 2 is 1.76 bits per heavy atom. The maximum atomic E-state index is 11.8. The van der Waals surface area contributed by atoms with Gasteiger partial charge < -0.3 is 10.1 Å². The summed E-state index contributed by atoms with van der Waals surface area (Å²) in [5.41, 5.74) is 2.95. The number of aryl methyl sites for hydroxylation is 1. The molecule has 2 aromatic rings. The van der Waals surface area contributed by atoms with Crippen LogP contribution >= 0.6 is 0 Å². The minimum absolute atomic E-state index is 0.153. The third-order valence-electron chi connectivity index (χ3n) is 2.94. The van der Waals surface area contributed by atoms with E-state index in [1.165, 1.54) is 11.6 Å². The molecule has 2 rings (SSSR count). The van der Waals surface area contributed by atoms with Gasteiger partial charge in [-0.05, 0) is 49.8 Å². The quantitative estimate of drug-likeness (QED) is 0.840. The Hall–Kier alpha value is -2.55. The zero-order chi connectivity index (χ0) is 15.1. The van der Waals surface area contributed by atoms with Gasteiger partial charge in [0, 0.05) is 11.8 Å². The van der Waals surface area contributed by atoms with Crippen molar-refractivity contribution in [1.29, 1.82) is 0 Å². The summed E-state index contributed by atoms with van der Waals surface area (Å²) in [6, 6.07) is 15.3. The highest BCUT2D eigenvalue weighted by molar-refractivity contribution is 6.01. The van der Waals surface area contributed by atoms with Crippen LogP contribution in [0.2, 0.25) is 0 Å². The van der Waals surface area contributed by atoms with Crippen molar-refractivity contribution in [3.63, 3.8) is 0 Å². The summed E-state index contributed by atoms with van der Waals surface area (Å²) in [5.74, 6) is 0.644. The molecule has 0 heterocycles. The van der Waals surface area contributed by atoms with E-state index in [9.17, 15) is 4.79 Å². The molecule has 0 aliphatic carbocycles. The molecule has 0 saturated heterocycles. The van der Waals surface area contributed by atoms with Crippen LogP contribution in [0.4, 0.5) is 5.69 Å². The molecule has 108 valence electrons. The van der Waals surface area contributed by atoms with Gasteiger partial charge in [0.15, 0.2) is 0 Å². The van der Waals surface area contributed by atoms with Gasteiger partial charge in [-0.2, -0.15) is 0 Å². The highest BCUT2D eigenvalue weighted by Crippen LogP contribution is 2.15. The standard InChI is InChI=1S/C18H19NO2/c1-3-21-17-11-9-16(10-12-17)19-18(20)13-8-15-6-4-14(2)5-7-15/h4-13H,3H2,1-2H3,(H,19,20). The lowest BCUT2D eigenvalue weighted by Crippen LogP contribution is -2.07. The maximum Gasteiger partial charge on any atom is 0.248 e. The van der Waals surface area contributed by atoms with E-state index in [-0.39, 0.29) is 5.91 Å². The number of amides is 1. The molecule has 0 bridgehead atoms. The van der Waals surface area contributed by atoms with E-state index in [1.54, 1.807) is 6.08 Å². The zero-order valence-electron chi connectivity index (χ0n) is 12.3. The molecular weight excluding hydrogens is 262 g/mol. The lowest BCUT2D eigenvalue weighted by molar-refractivity contribution is -0.111. The molecule has 0 spiro atoms. The van der Waals surface area contributed by atoms with Gasteiger partial charge >= 0.3 is 0 Å². The van der Waals surface area contributed by atoms with Crippen molar-refractivity contribution in [2.24, 2.45) is 0 Å². The first kappa shape index (κ1) is 14.9. The van der Waals surface area contributed by atoms with Crippen LogP contribution in [-0.4, -0.2) is 12.5 Å². The molecule has 3 nitrogen and oxygen atoms in total. The SMILES string of the molecule is CCOc1ccc(NC(=O)C=Cc2ccc(C)cc2)cc1. The van der Waals surface area contributed by atoms with Gasteiger partial charge in [0.25, 0.3) is 0 Å². The van der Waals surface area contributed by atoms with E-state index in [0.717, 1.165) is 17.0 Å². The third-order valence-corrected chi connectivity index (χ3v) is 2.94. The Kier molecular flexibility index (Phi) is 5.16. The van der Waals surface area contributed by atoms with Gasteiger partial charge in [-0.3, -0.25) is 4.79 Å². The topological polar surface area (TPSA) is 38.3 Å². The molecule has 0 unspecified atom stereocenters. The Morgan fingerprint density at radius 1 is 1.10 bits per heavy atom. The van der Waals surface area contributed by atoms with E-state index < -0.39 is 0 Å². The van der Waals surface area contributed by atoms with E-state index in [0.29, 0.717) is 6.61 Å². The fraction of sp³-hybridized carbons (Fsp3) is 0.167. The molecular formula is C18H19NO2. The highest BCUT2D eigenvalue weighted by Gasteiger charge is 1.98. The van der Waals surface area contributed by atoms with Gasteiger partial charge in [0.05, 0.1) is 6.61 Å². The largest absolute Gasteiger partial charge is 0.494 e. The van der Waals surface area contributed by atoms with Gasteiger partial charge in [0.1, 0.15) is 5.75 Å². The number of anilines is 1. The van der Waals surface area contributed by atoms with Crippen LogP contribution in [-0.2, 0) is 4.79 Å². The summed E-state index contributed by atoms with van der Waals surface area (Å²) in [7, 11) is 0. The minimum atomic E-state index is -0.153. The smallest absolute Gasteiger partial charge is 0.248 e. The Bertz CT molecular complexity index is 613. The highest BCUT2D eigenvalue weighted by atomic mass is 16.5. The van der Waals surface area contributed by atoms with Crippen LogP contribution in [0.25, 0.3) is 6.08 Å². The van der Waals surface area contributed by atoms with E-state index in [2.05, 4.69) is 5.32 Å². The molecule has 1 N–H and O–H groups in total. The molecule has 0 atom stereocenters. The summed E-state index contributed by atoms with van der Waals surface area (Å²) in [6.07, 6.45) is 3.32. The molecule has 1 amide bonds.